The summed E-state index contributed by atoms with van der Waals surface area (Å²) in [7, 11) is 0. The van der Waals surface area contributed by atoms with Crippen LogP contribution in [0.5, 0.6) is 17.2 Å². The third-order valence-corrected chi connectivity index (χ3v) is 5.20. The molecule has 0 radical (unpaired) electrons. The molecule has 2 aromatic carbocycles. The fourth-order valence-corrected chi connectivity index (χ4v) is 3.70. The summed E-state index contributed by atoms with van der Waals surface area (Å²) in [5.41, 5.74) is 0.600. The maximum atomic E-state index is 13.3. The monoisotopic (exact) mass is 429 g/mol. The molecule has 160 valence electrons. The second-order valence-electron chi connectivity index (χ2n) is 7.29. The lowest BCUT2D eigenvalue weighted by molar-refractivity contribution is 0.102. The Morgan fingerprint density at radius 2 is 1.81 bits per heavy atom. The van der Waals surface area contributed by atoms with E-state index in [1.54, 1.807) is 30.3 Å². The maximum Gasteiger partial charge on any atom is 0.269 e. The molecule has 0 bridgehead atoms. The highest BCUT2D eigenvalue weighted by Gasteiger charge is 2.23. The van der Waals surface area contributed by atoms with Crippen molar-refractivity contribution in [1.82, 2.24) is 9.55 Å². The predicted octanol–water partition coefficient (Wildman–Crippen LogP) is 3.17. The van der Waals surface area contributed by atoms with Gasteiger partial charge < -0.3 is 19.9 Å². The van der Waals surface area contributed by atoms with Gasteiger partial charge in [0.15, 0.2) is 11.5 Å². The molecule has 0 unspecified atom stereocenters. The van der Waals surface area contributed by atoms with E-state index < -0.39 is 17.2 Å². The summed E-state index contributed by atoms with van der Waals surface area (Å²) in [6.45, 7) is 1.07. The van der Waals surface area contributed by atoms with Gasteiger partial charge in [-0.1, -0.05) is 30.3 Å². The lowest BCUT2D eigenvalue weighted by atomic mass is 10.1. The zero-order valence-corrected chi connectivity index (χ0v) is 16.9. The standard InChI is InChI=1S/C24H19N3O5/c28-21-17-7-4-10-25-22(17)27(14-15-5-2-1-3-6-15)24(30)20(21)23(29)26-16-8-9-18-19(13-16)32-12-11-31-18/h1-10,13,28H,11-12,14H2,(H,26,29). The molecule has 1 aliphatic rings. The molecule has 2 aromatic heterocycles. The van der Waals surface area contributed by atoms with Crippen LogP contribution in [0.15, 0.2) is 71.7 Å². The largest absolute Gasteiger partial charge is 0.506 e. The van der Waals surface area contributed by atoms with Crippen molar-refractivity contribution in [2.45, 2.75) is 6.54 Å². The molecule has 0 saturated heterocycles. The number of amides is 1. The third-order valence-electron chi connectivity index (χ3n) is 5.20. The highest BCUT2D eigenvalue weighted by molar-refractivity contribution is 6.08. The normalized spacial score (nSPS) is 12.5. The van der Waals surface area contributed by atoms with Crippen molar-refractivity contribution in [2.75, 3.05) is 18.5 Å². The van der Waals surface area contributed by atoms with E-state index in [1.165, 1.54) is 10.8 Å². The van der Waals surface area contributed by atoms with E-state index in [0.717, 1.165) is 5.56 Å². The molecule has 4 aromatic rings. The Labute approximate surface area is 182 Å². The van der Waals surface area contributed by atoms with E-state index in [9.17, 15) is 14.7 Å². The first-order valence-corrected chi connectivity index (χ1v) is 10.1. The van der Waals surface area contributed by atoms with Crippen molar-refractivity contribution in [3.63, 3.8) is 0 Å². The van der Waals surface area contributed by atoms with Crippen LogP contribution in [0, 0.1) is 0 Å². The van der Waals surface area contributed by atoms with Crippen LogP contribution in [0.1, 0.15) is 15.9 Å². The Morgan fingerprint density at radius 3 is 2.62 bits per heavy atom. The number of rotatable bonds is 4. The Morgan fingerprint density at radius 1 is 1.03 bits per heavy atom. The minimum absolute atomic E-state index is 0.206. The van der Waals surface area contributed by atoms with Crippen LogP contribution in [0.2, 0.25) is 0 Å². The van der Waals surface area contributed by atoms with Gasteiger partial charge in [0.25, 0.3) is 11.5 Å². The van der Waals surface area contributed by atoms with Gasteiger partial charge in [0.1, 0.15) is 30.2 Å². The van der Waals surface area contributed by atoms with Crippen LogP contribution < -0.4 is 20.3 Å². The smallest absolute Gasteiger partial charge is 0.269 e. The number of nitrogens with one attached hydrogen (secondary N) is 1. The van der Waals surface area contributed by atoms with Crippen LogP contribution in [-0.4, -0.2) is 33.8 Å². The number of aromatic hydroxyl groups is 1. The zero-order valence-electron chi connectivity index (χ0n) is 16.9. The second-order valence-corrected chi connectivity index (χ2v) is 7.29. The fourth-order valence-electron chi connectivity index (χ4n) is 3.70. The summed E-state index contributed by atoms with van der Waals surface area (Å²) >= 11 is 0. The van der Waals surface area contributed by atoms with E-state index >= 15 is 0 Å². The van der Waals surface area contributed by atoms with Crippen molar-refractivity contribution < 1.29 is 19.4 Å². The molecule has 8 heteroatoms. The SMILES string of the molecule is O=C(Nc1ccc2c(c1)OCCO2)c1c(O)c2cccnc2n(Cc2ccccc2)c1=O. The van der Waals surface area contributed by atoms with Crippen molar-refractivity contribution in [3.05, 3.63) is 88.3 Å². The molecule has 1 amide bonds. The van der Waals surface area contributed by atoms with Crippen LogP contribution in [0.25, 0.3) is 11.0 Å². The van der Waals surface area contributed by atoms with E-state index in [4.69, 9.17) is 9.47 Å². The van der Waals surface area contributed by atoms with Crippen LogP contribution in [0.3, 0.4) is 0 Å². The van der Waals surface area contributed by atoms with Gasteiger partial charge in [0, 0.05) is 18.0 Å². The second kappa shape index (κ2) is 8.07. The number of carbonyl (C=O) groups is 1. The summed E-state index contributed by atoms with van der Waals surface area (Å²) in [6, 6.07) is 17.6. The molecular weight excluding hydrogens is 410 g/mol. The van der Waals surface area contributed by atoms with E-state index in [0.29, 0.717) is 41.4 Å². The Balaban J connectivity index is 1.57. The number of aromatic nitrogens is 2. The summed E-state index contributed by atoms with van der Waals surface area (Å²) in [5.74, 6) is -0.0456. The van der Waals surface area contributed by atoms with Gasteiger partial charge in [0.2, 0.25) is 0 Å². The minimum Gasteiger partial charge on any atom is -0.506 e. The number of hydrogen-bond donors (Lipinski definition) is 2. The van der Waals surface area contributed by atoms with Crippen LogP contribution >= 0.6 is 0 Å². The molecule has 8 nitrogen and oxygen atoms in total. The first-order valence-electron chi connectivity index (χ1n) is 10.1. The van der Waals surface area contributed by atoms with E-state index in [1.807, 2.05) is 30.3 Å². The maximum absolute atomic E-state index is 13.3. The van der Waals surface area contributed by atoms with Crippen molar-refractivity contribution in [1.29, 1.82) is 0 Å². The lowest BCUT2D eigenvalue weighted by Crippen LogP contribution is -2.30. The molecule has 2 N–H and O–H groups in total. The fraction of sp³-hybridized carbons (Fsp3) is 0.125. The number of nitrogens with zero attached hydrogens (tertiary/aromatic N) is 2. The summed E-state index contributed by atoms with van der Waals surface area (Å²) in [4.78, 5) is 30.7. The quantitative estimate of drug-likeness (QED) is 0.517. The summed E-state index contributed by atoms with van der Waals surface area (Å²) < 4.78 is 12.4. The molecule has 32 heavy (non-hydrogen) atoms. The number of pyridine rings is 2. The van der Waals surface area contributed by atoms with Crippen molar-refractivity contribution in [2.24, 2.45) is 0 Å². The number of carbonyl (C=O) groups excluding carboxylic acids is 1. The average Bonchev–Trinajstić information content (AvgIpc) is 2.82. The van der Waals surface area contributed by atoms with Crippen LogP contribution in [0.4, 0.5) is 5.69 Å². The van der Waals surface area contributed by atoms with Gasteiger partial charge in [-0.15, -0.1) is 0 Å². The van der Waals surface area contributed by atoms with Gasteiger partial charge in [-0.25, -0.2) is 4.98 Å². The van der Waals surface area contributed by atoms with E-state index in [-0.39, 0.29) is 12.1 Å². The number of hydrogen-bond acceptors (Lipinski definition) is 6. The molecule has 0 atom stereocenters. The number of anilines is 1. The minimum atomic E-state index is -0.725. The lowest BCUT2D eigenvalue weighted by Gasteiger charge is -2.19. The van der Waals surface area contributed by atoms with Crippen molar-refractivity contribution >= 4 is 22.6 Å². The molecule has 5 rings (SSSR count). The highest BCUT2D eigenvalue weighted by atomic mass is 16.6. The number of benzene rings is 2. The molecule has 0 aliphatic carbocycles. The molecular formula is C24H19N3O5. The third kappa shape index (κ3) is 3.51. The molecule has 3 heterocycles. The Hall–Kier alpha value is -4.33. The van der Waals surface area contributed by atoms with Gasteiger partial charge in [-0.3, -0.25) is 14.2 Å². The Kier molecular flexibility index (Phi) is 4.95. The zero-order chi connectivity index (χ0) is 22.1. The molecule has 0 saturated carbocycles. The summed E-state index contributed by atoms with van der Waals surface area (Å²) in [5, 5.41) is 13.8. The Bertz CT molecular complexity index is 1380. The van der Waals surface area contributed by atoms with Gasteiger partial charge in [-0.05, 0) is 29.8 Å². The molecule has 0 fully saturated rings. The molecule has 0 spiro atoms. The first-order chi connectivity index (χ1) is 15.6. The summed E-state index contributed by atoms with van der Waals surface area (Å²) in [6.07, 6.45) is 1.54. The average molecular weight is 429 g/mol. The van der Waals surface area contributed by atoms with E-state index in [2.05, 4.69) is 10.3 Å². The van der Waals surface area contributed by atoms with Crippen LogP contribution in [-0.2, 0) is 6.54 Å². The van der Waals surface area contributed by atoms with Gasteiger partial charge >= 0.3 is 0 Å². The number of fused-ring (bicyclic) bond motifs is 2. The highest BCUT2D eigenvalue weighted by Crippen LogP contribution is 2.33. The first kappa shape index (κ1) is 19.6. The topological polar surface area (TPSA) is 103 Å². The van der Waals surface area contributed by atoms with Crippen molar-refractivity contribution in [3.8, 4) is 17.2 Å². The number of ether oxygens (including phenoxy) is 2. The van der Waals surface area contributed by atoms with Gasteiger partial charge in [-0.2, -0.15) is 0 Å². The predicted molar refractivity (Wildman–Crippen MR) is 119 cm³/mol. The molecule has 1 aliphatic heterocycles. The van der Waals surface area contributed by atoms with Gasteiger partial charge in [0.05, 0.1) is 11.9 Å².